The molecule has 18 heavy (non-hydrogen) atoms. The van der Waals surface area contributed by atoms with Crippen LogP contribution in [0, 0.1) is 13.8 Å². The molecule has 2 heterocycles. The molecule has 1 aromatic rings. The van der Waals surface area contributed by atoms with Gasteiger partial charge in [-0.1, -0.05) is 6.92 Å². The fourth-order valence-electron chi connectivity index (χ4n) is 2.59. The SMILES string of the molecule is CCCN(C(=O)c1cc(C)oc1C)C1CCNC1. The third-order valence-electron chi connectivity index (χ3n) is 3.47. The van der Waals surface area contributed by atoms with Crippen molar-refractivity contribution in [3.8, 4) is 0 Å². The van der Waals surface area contributed by atoms with Crippen LogP contribution in [0.3, 0.4) is 0 Å². The molecule has 0 bridgehead atoms. The van der Waals surface area contributed by atoms with E-state index in [0.717, 1.165) is 44.0 Å². The molecule has 1 atom stereocenters. The molecule has 1 saturated heterocycles. The average molecular weight is 250 g/mol. The van der Waals surface area contributed by atoms with Gasteiger partial charge in [-0.15, -0.1) is 0 Å². The van der Waals surface area contributed by atoms with Gasteiger partial charge in [0.25, 0.3) is 5.91 Å². The fraction of sp³-hybridized carbons (Fsp3) is 0.643. The lowest BCUT2D eigenvalue weighted by molar-refractivity contribution is 0.0690. The molecule has 2 rings (SSSR count). The summed E-state index contributed by atoms with van der Waals surface area (Å²) in [6.07, 6.45) is 2.03. The van der Waals surface area contributed by atoms with Crippen LogP contribution in [0.15, 0.2) is 10.5 Å². The molecule has 1 N–H and O–H groups in total. The van der Waals surface area contributed by atoms with Gasteiger partial charge in [0.2, 0.25) is 0 Å². The number of carbonyl (C=O) groups is 1. The predicted molar refractivity (Wildman–Crippen MR) is 70.8 cm³/mol. The molecule has 0 spiro atoms. The van der Waals surface area contributed by atoms with Crippen LogP contribution in [0.2, 0.25) is 0 Å². The molecule has 100 valence electrons. The second kappa shape index (κ2) is 5.57. The van der Waals surface area contributed by atoms with Gasteiger partial charge in [-0.2, -0.15) is 0 Å². The molecular formula is C14H22N2O2. The number of hydrogen-bond acceptors (Lipinski definition) is 3. The fourth-order valence-corrected chi connectivity index (χ4v) is 2.59. The van der Waals surface area contributed by atoms with Crippen LogP contribution in [0.5, 0.6) is 0 Å². The first-order valence-electron chi connectivity index (χ1n) is 6.72. The number of aryl methyl sites for hydroxylation is 2. The first-order chi connectivity index (χ1) is 8.63. The van der Waals surface area contributed by atoms with Gasteiger partial charge in [0.15, 0.2) is 0 Å². The van der Waals surface area contributed by atoms with Crippen molar-refractivity contribution in [2.24, 2.45) is 0 Å². The minimum atomic E-state index is 0.111. The first kappa shape index (κ1) is 13.1. The Hall–Kier alpha value is -1.29. The Bertz CT molecular complexity index is 419. The third kappa shape index (κ3) is 2.58. The Morgan fingerprint density at radius 3 is 2.83 bits per heavy atom. The van der Waals surface area contributed by atoms with Gasteiger partial charge in [-0.3, -0.25) is 4.79 Å². The summed E-state index contributed by atoms with van der Waals surface area (Å²) in [7, 11) is 0. The second-order valence-corrected chi connectivity index (χ2v) is 4.97. The van der Waals surface area contributed by atoms with Crippen molar-refractivity contribution in [1.82, 2.24) is 10.2 Å². The van der Waals surface area contributed by atoms with E-state index in [1.807, 2.05) is 24.8 Å². The normalized spacial score (nSPS) is 19.2. The van der Waals surface area contributed by atoms with E-state index in [4.69, 9.17) is 4.42 Å². The standard InChI is InChI=1S/C14H22N2O2/c1-4-7-16(12-5-6-15-9-12)14(17)13-8-10(2)18-11(13)3/h8,12,15H,4-7,9H2,1-3H3. The molecule has 0 saturated carbocycles. The van der Waals surface area contributed by atoms with Gasteiger partial charge in [0.1, 0.15) is 11.5 Å². The summed E-state index contributed by atoms with van der Waals surface area (Å²) in [6, 6.07) is 2.18. The molecular weight excluding hydrogens is 228 g/mol. The zero-order chi connectivity index (χ0) is 13.1. The van der Waals surface area contributed by atoms with Crippen LogP contribution in [0.25, 0.3) is 0 Å². The highest BCUT2D eigenvalue weighted by molar-refractivity contribution is 5.95. The molecule has 0 radical (unpaired) electrons. The van der Waals surface area contributed by atoms with Gasteiger partial charge in [-0.05, 0) is 39.3 Å². The number of amides is 1. The van der Waals surface area contributed by atoms with Gasteiger partial charge in [0.05, 0.1) is 5.56 Å². The molecule has 0 aliphatic carbocycles. The molecule has 1 unspecified atom stereocenters. The van der Waals surface area contributed by atoms with Crippen LogP contribution in [-0.4, -0.2) is 36.5 Å². The Kier molecular flexibility index (Phi) is 4.07. The highest BCUT2D eigenvalue weighted by atomic mass is 16.3. The minimum Gasteiger partial charge on any atom is -0.466 e. The number of furan rings is 1. The first-order valence-corrected chi connectivity index (χ1v) is 6.72. The maximum atomic E-state index is 12.6. The van der Waals surface area contributed by atoms with E-state index in [1.54, 1.807) is 0 Å². The summed E-state index contributed by atoms with van der Waals surface area (Å²) in [5.74, 6) is 1.64. The smallest absolute Gasteiger partial charge is 0.257 e. The van der Waals surface area contributed by atoms with E-state index < -0.39 is 0 Å². The van der Waals surface area contributed by atoms with Crippen molar-refractivity contribution in [3.63, 3.8) is 0 Å². The summed E-state index contributed by atoms with van der Waals surface area (Å²) < 4.78 is 5.46. The van der Waals surface area contributed by atoms with Crippen LogP contribution in [-0.2, 0) is 0 Å². The monoisotopic (exact) mass is 250 g/mol. The van der Waals surface area contributed by atoms with Gasteiger partial charge < -0.3 is 14.6 Å². The summed E-state index contributed by atoms with van der Waals surface area (Å²) in [4.78, 5) is 14.6. The zero-order valence-corrected chi connectivity index (χ0v) is 11.5. The van der Waals surface area contributed by atoms with E-state index in [9.17, 15) is 4.79 Å². The van der Waals surface area contributed by atoms with Gasteiger partial charge in [-0.25, -0.2) is 0 Å². The van der Waals surface area contributed by atoms with Gasteiger partial charge in [0, 0.05) is 19.1 Å². The minimum absolute atomic E-state index is 0.111. The zero-order valence-electron chi connectivity index (χ0n) is 11.5. The molecule has 1 aliphatic rings. The Morgan fingerprint density at radius 2 is 2.33 bits per heavy atom. The van der Waals surface area contributed by atoms with Crippen molar-refractivity contribution in [1.29, 1.82) is 0 Å². The van der Waals surface area contributed by atoms with Crippen molar-refractivity contribution in [2.75, 3.05) is 19.6 Å². The molecule has 0 aromatic carbocycles. The van der Waals surface area contributed by atoms with E-state index in [1.165, 1.54) is 0 Å². The number of hydrogen-bond donors (Lipinski definition) is 1. The highest BCUT2D eigenvalue weighted by Crippen LogP contribution is 2.19. The number of nitrogens with zero attached hydrogens (tertiary/aromatic N) is 1. The van der Waals surface area contributed by atoms with Crippen LogP contribution < -0.4 is 5.32 Å². The quantitative estimate of drug-likeness (QED) is 0.890. The maximum Gasteiger partial charge on any atom is 0.257 e. The number of nitrogens with one attached hydrogen (secondary N) is 1. The summed E-state index contributed by atoms with van der Waals surface area (Å²) in [5.41, 5.74) is 0.716. The van der Waals surface area contributed by atoms with E-state index in [-0.39, 0.29) is 5.91 Å². The van der Waals surface area contributed by atoms with Crippen LogP contribution in [0.4, 0.5) is 0 Å². The summed E-state index contributed by atoms with van der Waals surface area (Å²) in [6.45, 7) is 8.57. The Labute approximate surface area is 108 Å². The second-order valence-electron chi connectivity index (χ2n) is 4.97. The summed E-state index contributed by atoms with van der Waals surface area (Å²) in [5, 5.41) is 3.32. The molecule has 4 nitrogen and oxygen atoms in total. The molecule has 1 amide bonds. The van der Waals surface area contributed by atoms with E-state index in [2.05, 4.69) is 12.2 Å². The lowest BCUT2D eigenvalue weighted by atomic mass is 10.1. The molecule has 1 aromatic heterocycles. The molecule has 4 heteroatoms. The molecule has 1 fully saturated rings. The topological polar surface area (TPSA) is 45.5 Å². The predicted octanol–water partition coefficient (Wildman–Crippen LogP) is 2.11. The van der Waals surface area contributed by atoms with E-state index >= 15 is 0 Å². The highest BCUT2D eigenvalue weighted by Gasteiger charge is 2.28. The molecule has 1 aliphatic heterocycles. The third-order valence-corrected chi connectivity index (χ3v) is 3.47. The van der Waals surface area contributed by atoms with Crippen molar-refractivity contribution >= 4 is 5.91 Å². The Morgan fingerprint density at radius 1 is 1.56 bits per heavy atom. The Balaban J connectivity index is 2.19. The number of rotatable bonds is 4. The maximum absolute atomic E-state index is 12.6. The van der Waals surface area contributed by atoms with Crippen LogP contribution >= 0.6 is 0 Å². The lowest BCUT2D eigenvalue weighted by Crippen LogP contribution is -2.42. The van der Waals surface area contributed by atoms with Gasteiger partial charge >= 0.3 is 0 Å². The largest absolute Gasteiger partial charge is 0.466 e. The van der Waals surface area contributed by atoms with Crippen molar-refractivity contribution in [2.45, 2.75) is 39.7 Å². The summed E-state index contributed by atoms with van der Waals surface area (Å²) >= 11 is 0. The van der Waals surface area contributed by atoms with Crippen molar-refractivity contribution < 1.29 is 9.21 Å². The number of carbonyl (C=O) groups excluding carboxylic acids is 1. The van der Waals surface area contributed by atoms with Crippen molar-refractivity contribution in [3.05, 3.63) is 23.2 Å². The average Bonchev–Trinajstić information content (AvgIpc) is 2.95. The lowest BCUT2D eigenvalue weighted by Gasteiger charge is -2.28. The van der Waals surface area contributed by atoms with E-state index in [0.29, 0.717) is 11.6 Å². The van der Waals surface area contributed by atoms with Crippen LogP contribution in [0.1, 0.15) is 41.6 Å².